The number of benzene rings is 1. The molecular formula is C23H24ClN3O2S. The van der Waals surface area contributed by atoms with E-state index in [0.29, 0.717) is 18.2 Å². The third kappa shape index (κ3) is 3.92. The number of thiophene rings is 1. The number of hydrogen-bond donors (Lipinski definition) is 1. The molecule has 0 bridgehead atoms. The number of carbonyl (C=O) groups excluding carboxylic acids is 1. The van der Waals surface area contributed by atoms with Gasteiger partial charge in [-0.25, -0.2) is 0 Å². The van der Waals surface area contributed by atoms with Gasteiger partial charge in [-0.1, -0.05) is 35.0 Å². The lowest BCUT2D eigenvalue weighted by Gasteiger charge is -2.32. The van der Waals surface area contributed by atoms with Gasteiger partial charge in [0.1, 0.15) is 0 Å². The molecule has 0 unspecified atom stereocenters. The molecule has 0 spiro atoms. The predicted molar refractivity (Wildman–Crippen MR) is 119 cm³/mol. The molecule has 1 N–H and O–H groups in total. The third-order valence-corrected chi connectivity index (χ3v) is 7.56. The summed E-state index contributed by atoms with van der Waals surface area (Å²) in [7, 11) is 0. The first-order valence-electron chi connectivity index (χ1n) is 10.5. The minimum absolute atomic E-state index is 0.114. The maximum Gasteiger partial charge on any atom is 0.273 e. The van der Waals surface area contributed by atoms with Gasteiger partial charge in [-0.15, -0.1) is 11.3 Å². The number of nitrogens with one attached hydrogen (secondary N) is 1. The molecule has 0 radical (unpaired) electrons. The Balaban J connectivity index is 1.14. The van der Waals surface area contributed by atoms with Gasteiger partial charge in [0.2, 0.25) is 0 Å². The molecule has 0 saturated carbocycles. The average Bonchev–Trinajstić information content (AvgIpc) is 3.41. The van der Waals surface area contributed by atoms with E-state index in [4.69, 9.17) is 16.1 Å². The van der Waals surface area contributed by atoms with E-state index in [9.17, 15) is 4.79 Å². The largest absolute Gasteiger partial charge is 0.355 e. The predicted octanol–water partition coefficient (Wildman–Crippen LogP) is 4.80. The van der Waals surface area contributed by atoms with Crippen molar-refractivity contribution in [3.8, 4) is 11.3 Å². The molecular weight excluding hydrogens is 418 g/mol. The Morgan fingerprint density at radius 3 is 2.90 bits per heavy atom. The number of amides is 1. The molecule has 156 valence electrons. The van der Waals surface area contributed by atoms with Gasteiger partial charge >= 0.3 is 0 Å². The lowest BCUT2D eigenvalue weighted by molar-refractivity contribution is 0.0925. The fourth-order valence-corrected chi connectivity index (χ4v) is 5.51. The van der Waals surface area contributed by atoms with Crippen molar-refractivity contribution in [1.29, 1.82) is 0 Å². The Morgan fingerprint density at radius 1 is 1.23 bits per heavy atom. The van der Waals surface area contributed by atoms with E-state index in [1.165, 1.54) is 10.4 Å². The molecule has 2 aliphatic rings. The number of nitrogens with zero attached hydrogens (tertiary/aromatic N) is 2. The van der Waals surface area contributed by atoms with Crippen LogP contribution in [-0.4, -0.2) is 35.6 Å². The zero-order chi connectivity index (χ0) is 20.5. The quantitative estimate of drug-likeness (QED) is 0.618. The Labute approximate surface area is 185 Å². The number of likely N-dealkylation sites (tertiary alicyclic amines) is 1. The van der Waals surface area contributed by atoms with Crippen LogP contribution in [0.5, 0.6) is 0 Å². The van der Waals surface area contributed by atoms with Crippen molar-refractivity contribution in [3.63, 3.8) is 0 Å². The molecule has 5 rings (SSSR count). The van der Waals surface area contributed by atoms with Crippen LogP contribution in [0.25, 0.3) is 11.3 Å². The van der Waals surface area contributed by atoms with Crippen LogP contribution in [0.3, 0.4) is 0 Å². The second kappa shape index (κ2) is 8.53. The fraction of sp³-hybridized carbons (Fsp3) is 0.391. The van der Waals surface area contributed by atoms with Gasteiger partial charge in [-0.05, 0) is 67.8 Å². The highest BCUT2D eigenvalue weighted by Crippen LogP contribution is 2.38. The third-order valence-electron chi connectivity index (χ3n) is 6.21. The molecule has 0 atom stereocenters. The highest BCUT2D eigenvalue weighted by atomic mass is 35.5. The molecule has 7 heteroatoms. The van der Waals surface area contributed by atoms with E-state index < -0.39 is 0 Å². The monoisotopic (exact) mass is 441 g/mol. The number of aromatic nitrogens is 1. The topological polar surface area (TPSA) is 58.4 Å². The summed E-state index contributed by atoms with van der Waals surface area (Å²) in [6.45, 7) is 3.61. The Kier molecular flexibility index (Phi) is 5.63. The second-order valence-corrected chi connectivity index (χ2v) is 9.53. The molecule has 1 fully saturated rings. The summed E-state index contributed by atoms with van der Waals surface area (Å²) in [6.07, 6.45) is 3.90. The summed E-state index contributed by atoms with van der Waals surface area (Å²) in [6, 6.07) is 10.1. The lowest BCUT2D eigenvalue weighted by Crippen LogP contribution is -2.38. The van der Waals surface area contributed by atoms with E-state index in [0.717, 1.165) is 67.2 Å². The number of piperidine rings is 1. The fourth-order valence-electron chi connectivity index (χ4n) is 4.44. The zero-order valence-electron chi connectivity index (χ0n) is 16.7. The second-order valence-electron chi connectivity index (χ2n) is 8.12. The van der Waals surface area contributed by atoms with Gasteiger partial charge in [0.05, 0.1) is 0 Å². The molecule has 1 aromatic carbocycles. The Bertz CT molecular complexity index is 1050. The van der Waals surface area contributed by atoms with Crippen LogP contribution < -0.4 is 5.32 Å². The van der Waals surface area contributed by atoms with Gasteiger partial charge < -0.3 is 9.84 Å². The molecule has 1 saturated heterocycles. The number of fused-ring (bicyclic) bond motifs is 3. The summed E-state index contributed by atoms with van der Waals surface area (Å²) in [5.74, 6) is 1.15. The molecule has 5 nitrogen and oxygen atoms in total. The van der Waals surface area contributed by atoms with E-state index in [2.05, 4.69) is 32.9 Å². The van der Waals surface area contributed by atoms with Crippen LogP contribution >= 0.6 is 22.9 Å². The summed E-state index contributed by atoms with van der Waals surface area (Å²) >= 11 is 8.03. The van der Waals surface area contributed by atoms with Gasteiger partial charge in [-0.2, -0.15) is 0 Å². The maximum atomic E-state index is 12.8. The van der Waals surface area contributed by atoms with Crippen LogP contribution in [0.15, 0.2) is 40.2 Å². The van der Waals surface area contributed by atoms with Crippen LogP contribution in [0.2, 0.25) is 5.02 Å². The van der Waals surface area contributed by atoms with Crippen LogP contribution in [-0.2, 0) is 19.4 Å². The van der Waals surface area contributed by atoms with Crippen LogP contribution in [0, 0.1) is 5.92 Å². The normalized spacial score (nSPS) is 16.8. The molecule has 1 aliphatic heterocycles. The number of aryl methyl sites for hydroxylation is 1. The molecule has 3 heterocycles. The number of hydrogen-bond acceptors (Lipinski definition) is 5. The molecule has 1 amide bonds. The van der Waals surface area contributed by atoms with Gasteiger partial charge in [-0.3, -0.25) is 9.69 Å². The Morgan fingerprint density at radius 2 is 2.07 bits per heavy atom. The van der Waals surface area contributed by atoms with E-state index in [-0.39, 0.29) is 5.91 Å². The summed E-state index contributed by atoms with van der Waals surface area (Å²) in [5, 5.41) is 10.1. The van der Waals surface area contributed by atoms with E-state index in [1.54, 1.807) is 11.3 Å². The van der Waals surface area contributed by atoms with Crippen molar-refractivity contribution < 1.29 is 9.32 Å². The summed E-state index contributed by atoms with van der Waals surface area (Å²) < 4.78 is 5.54. The van der Waals surface area contributed by atoms with Gasteiger partial charge in [0, 0.05) is 34.1 Å². The van der Waals surface area contributed by atoms with Crippen molar-refractivity contribution in [3.05, 3.63) is 62.4 Å². The van der Waals surface area contributed by atoms with Crippen molar-refractivity contribution in [1.82, 2.24) is 15.4 Å². The lowest BCUT2D eigenvalue weighted by atomic mass is 9.94. The summed E-state index contributed by atoms with van der Waals surface area (Å²) in [5.41, 5.74) is 3.68. The number of rotatable bonds is 5. The van der Waals surface area contributed by atoms with Crippen molar-refractivity contribution in [2.45, 2.75) is 32.2 Å². The molecule has 2 aromatic heterocycles. The van der Waals surface area contributed by atoms with Crippen molar-refractivity contribution >= 4 is 28.8 Å². The number of carbonyl (C=O) groups is 1. The van der Waals surface area contributed by atoms with Crippen LogP contribution in [0.1, 0.15) is 39.3 Å². The highest BCUT2D eigenvalue weighted by Gasteiger charge is 2.29. The summed E-state index contributed by atoms with van der Waals surface area (Å²) in [4.78, 5) is 16.5. The molecule has 30 heavy (non-hydrogen) atoms. The smallest absolute Gasteiger partial charge is 0.273 e. The van der Waals surface area contributed by atoms with Crippen molar-refractivity contribution in [2.75, 3.05) is 19.6 Å². The average molecular weight is 442 g/mol. The number of halogens is 1. The minimum atomic E-state index is -0.114. The maximum absolute atomic E-state index is 12.8. The van der Waals surface area contributed by atoms with Gasteiger partial charge in [0.15, 0.2) is 11.5 Å². The minimum Gasteiger partial charge on any atom is -0.355 e. The van der Waals surface area contributed by atoms with E-state index in [1.807, 2.05) is 18.2 Å². The molecule has 3 aromatic rings. The van der Waals surface area contributed by atoms with Crippen LogP contribution in [0.4, 0.5) is 0 Å². The van der Waals surface area contributed by atoms with Gasteiger partial charge in [0.25, 0.3) is 5.91 Å². The zero-order valence-corrected chi connectivity index (χ0v) is 18.3. The van der Waals surface area contributed by atoms with E-state index >= 15 is 0 Å². The molecule has 1 aliphatic carbocycles. The standard InChI is InChI=1S/C23H24ClN3O2S/c24-19-4-2-1-3-16(19)14-27-10-7-15(8-11-27)13-25-23(28)21-18-5-6-20-17(9-12-30-20)22(18)29-26-21/h1-4,9,12,15H,5-8,10-11,13-14H2,(H,25,28). The first kappa shape index (κ1) is 19.8. The highest BCUT2D eigenvalue weighted by molar-refractivity contribution is 7.10. The Hall–Kier alpha value is -2.15. The SMILES string of the molecule is O=C(NCC1CCN(Cc2ccccc2Cl)CC1)c1noc2c1CCc1sccc1-2. The van der Waals surface area contributed by atoms with Crippen molar-refractivity contribution in [2.24, 2.45) is 5.92 Å². The first-order chi connectivity index (χ1) is 14.7. The first-order valence-corrected chi connectivity index (χ1v) is 11.7.